The molecular weight excluding hydrogens is 617 g/mol. The van der Waals surface area contributed by atoms with E-state index >= 15 is 0 Å². The third-order valence-electron chi connectivity index (χ3n) is 9.73. The molecule has 0 unspecified atom stereocenters. The van der Waals surface area contributed by atoms with Crippen molar-refractivity contribution in [2.24, 2.45) is 0 Å². The molecular formula is C50H30O. The molecule has 0 N–H and O–H groups in total. The molecule has 1 heteroatoms. The van der Waals surface area contributed by atoms with Gasteiger partial charge in [-0.2, -0.15) is 0 Å². The minimum absolute atomic E-state index is 0.00827. The van der Waals surface area contributed by atoms with Gasteiger partial charge in [-0.3, -0.25) is 0 Å². The van der Waals surface area contributed by atoms with Crippen molar-refractivity contribution in [3.8, 4) is 33.4 Å². The maximum absolute atomic E-state index is 9.65. The lowest BCUT2D eigenvalue weighted by atomic mass is 9.82. The minimum atomic E-state index is -0.747. The van der Waals surface area contributed by atoms with Gasteiger partial charge in [-0.05, 0) is 88.2 Å². The zero-order valence-electron chi connectivity index (χ0n) is 41.6. The minimum Gasteiger partial charge on any atom is -0.455 e. The first kappa shape index (κ1) is 17.3. The van der Waals surface area contributed by atoms with Gasteiger partial charge >= 0.3 is 0 Å². The van der Waals surface area contributed by atoms with E-state index in [1.807, 2.05) is 84.9 Å². The lowest BCUT2D eigenvalue weighted by Crippen LogP contribution is -1.94. The van der Waals surface area contributed by atoms with Crippen molar-refractivity contribution in [1.82, 2.24) is 0 Å². The molecule has 1 nitrogen and oxygen atoms in total. The van der Waals surface area contributed by atoms with Gasteiger partial charge < -0.3 is 4.42 Å². The lowest BCUT2D eigenvalue weighted by Gasteiger charge is -2.21. The average molecular weight is 662 g/mol. The predicted octanol–water partition coefficient (Wildman–Crippen LogP) is 14.4. The van der Waals surface area contributed by atoms with E-state index in [-0.39, 0.29) is 32.7 Å². The molecule has 0 aliphatic rings. The first-order valence-electron chi connectivity index (χ1n) is 23.9. The molecule has 1 aromatic heterocycles. The lowest BCUT2D eigenvalue weighted by molar-refractivity contribution is 0.670. The van der Waals surface area contributed by atoms with E-state index in [1.165, 1.54) is 0 Å². The van der Waals surface area contributed by atoms with Crippen molar-refractivity contribution in [3.63, 3.8) is 0 Å². The third kappa shape index (κ3) is 4.16. The smallest absolute Gasteiger partial charge is 0.143 e. The Hall–Kier alpha value is -6.70. The normalized spacial score (nSPS) is 16.0. The first-order valence-corrected chi connectivity index (χ1v) is 16.4. The summed E-state index contributed by atoms with van der Waals surface area (Å²) >= 11 is 0. The highest BCUT2D eigenvalue weighted by Gasteiger charge is 2.23. The molecule has 0 aliphatic heterocycles. The second kappa shape index (κ2) is 10.9. The fourth-order valence-corrected chi connectivity index (χ4v) is 7.59. The number of hydrogen-bond donors (Lipinski definition) is 0. The molecule has 0 bridgehead atoms. The summed E-state index contributed by atoms with van der Waals surface area (Å²) < 4.78 is 144. The summed E-state index contributed by atoms with van der Waals surface area (Å²) in [5, 5.41) is 3.21. The summed E-state index contributed by atoms with van der Waals surface area (Å²) in [4.78, 5) is 0. The van der Waals surface area contributed by atoms with E-state index in [0.29, 0.717) is 33.2 Å². The van der Waals surface area contributed by atoms with Crippen LogP contribution in [0, 0.1) is 0 Å². The van der Waals surface area contributed by atoms with Crippen LogP contribution >= 0.6 is 0 Å². The molecule has 0 aliphatic carbocycles. The molecule has 11 rings (SSSR count). The SMILES string of the molecule is [2H]c1c([2H])c([2H])c2c([2H])c(-c3c4c([2H])c([2H])c([2H])c([2H])c4c(-c4ccc5ccccc5c4-c4cccc5c4oc4ccc6ccccc6c45)c4c([2H])c([2H])c([2H])c([2H])c34)c([2H])c([2H])c2c1[2H]. The molecule has 0 atom stereocenters. The van der Waals surface area contributed by atoms with Crippen LogP contribution in [-0.4, -0.2) is 0 Å². The molecule has 0 spiro atoms. The molecule has 0 saturated carbocycles. The molecule has 0 radical (unpaired) electrons. The molecule has 236 valence electrons. The quantitative estimate of drug-likeness (QED) is 0.172. The van der Waals surface area contributed by atoms with Crippen molar-refractivity contribution < 1.29 is 25.0 Å². The Balaban J connectivity index is 1.41. The van der Waals surface area contributed by atoms with Crippen LogP contribution < -0.4 is 0 Å². The standard InChI is InChI=1S/C50H30O/c1-2-15-34-30-35(25-24-31(34)12-1)46-38-18-7-9-20-40(38)48(41-21-10-8-19-39(41)46)42-28-26-32-13-3-5-16-36(32)47(42)43-22-11-23-44-49-37-17-6-4-14-33(37)27-29-45(49)51-50(43)44/h1-30H/i1D,2D,7D,8D,9D,10D,12D,15D,18D,19D,20D,21D,24D,25D,30D. The average Bonchev–Trinajstić information content (AvgIpc) is 3.72. The maximum atomic E-state index is 9.65. The van der Waals surface area contributed by atoms with Crippen LogP contribution in [0.25, 0.3) is 109 Å². The van der Waals surface area contributed by atoms with Gasteiger partial charge in [-0.15, -0.1) is 0 Å². The topological polar surface area (TPSA) is 13.1 Å². The summed E-state index contributed by atoms with van der Waals surface area (Å²) in [6, 6.07) is 18.4. The summed E-state index contributed by atoms with van der Waals surface area (Å²) in [6.45, 7) is 0. The van der Waals surface area contributed by atoms with Crippen LogP contribution in [0.5, 0.6) is 0 Å². The van der Waals surface area contributed by atoms with E-state index < -0.39 is 107 Å². The van der Waals surface area contributed by atoms with E-state index in [1.54, 1.807) is 6.07 Å². The number of rotatable bonds is 3. The molecule has 11 aromatic rings. The Bertz CT molecular complexity index is 3980. The van der Waals surface area contributed by atoms with Gasteiger partial charge in [0.15, 0.2) is 0 Å². The second-order valence-electron chi connectivity index (χ2n) is 12.4. The number of furan rings is 1. The third-order valence-corrected chi connectivity index (χ3v) is 9.73. The first-order chi connectivity index (χ1) is 31.6. The number of hydrogen-bond acceptors (Lipinski definition) is 1. The number of fused-ring (bicyclic) bond motifs is 9. The molecule has 1 heterocycles. The van der Waals surface area contributed by atoms with Gasteiger partial charge in [0, 0.05) is 21.9 Å². The zero-order valence-corrected chi connectivity index (χ0v) is 26.6. The van der Waals surface area contributed by atoms with Crippen LogP contribution in [0.4, 0.5) is 0 Å². The van der Waals surface area contributed by atoms with Gasteiger partial charge in [-0.1, -0.05) is 170 Å². The summed E-state index contributed by atoms with van der Waals surface area (Å²) in [6.07, 6.45) is 0. The number of para-hydroxylation sites is 1. The van der Waals surface area contributed by atoms with Gasteiger partial charge in [0.2, 0.25) is 0 Å². The Morgan fingerprint density at radius 3 is 1.75 bits per heavy atom. The summed E-state index contributed by atoms with van der Waals surface area (Å²) in [7, 11) is 0. The van der Waals surface area contributed by atoms with E-state index in [2.05, 4.69) is 0 Å². The molecule has 0 saturated heterocycles. The molecule has 0 fully saturated rings. The highest BCUT2D eigenvalue weighted by atomic mass is 16.3. The largest absolute Gasteiger partial charge is 0.455 e. The van der Waals surface area contributed by atoms with Crippen LogP contribution in [0.15, 0.2) is 186 Å². The van der Waals surface area contributed by atoms with Crippen LogP contribution in [0.2, 0.25) is 0 Å². The summed E-state index contributed by atoms with van der Waals surface area (Å²) in [5.41, 5.74) is 1.65. The van der Waals surface area contributed by atoms with Gasteiger partial charge in [0.25, 0.3) is 0 Å². The fraction of sp³-hybridized carbons (Fsp3) is 0. The summed E-state index contributed by atoms with van der Waals surface area (Å²) in [5.74, 6) is 0. The Labute approximate surface area is 315 Å². The fourth-order valence-electron chi connectivity index (χ4n) is 7.59. The highest BCUT2D eigenvalue weighted by molar-refractivity contribution is 6.26. The van der Waals surface area contributed by atoms with Crippen molar-refractivity contribution >= 4 is 75.8 Å². The van der Waals surface area contributed by atoms with Crippen LogP contribution in [0.3, 0.4) is 0 Å². The van der Waals surface area contributed by atoms with Crippen molar-refractivity contribution in [2.75, 3.05) is 0 Å². The Morgan fingerprint density at radius 1 is 0.373 bits per heavy atom. The second-order valence-corrected chi connectivity index (χ2v) is 12.4. The molecule has 10 aromatic carbocycles. The Kier molecular flexibility index (Phi) is 3.70. The Morgan fingerprint density at radius 2 is 0.980 bits per heavy atom. The maximum Gasteiger partial charge on any atom is 0.143 e. The molecule has 51 heavy (non-hydrogen) atoms. The van der Waals surface area contributed by atoms with E-state index in [9.17, 15) is 8.22 Å². The van der Waals surface area contributed by atoms with Crippen molar-refractivity contribution in [3.05, 3.63) is 182 Å². The monoisotopic (exact) mass is 661 g/mol. The molecule has 0 amide bonds. The van der Waals surface area contributed by atoms with E-state index in [0.717, 1.165) is 26.9 Å². The zero-order chi connectivity index (χ0) is 46.5. The predicted molar refractivity (Wildman–Crippen MR) is 218 cm³/mol. The highest BCUT2D eigenvalue weighted by Crippen LogP contribution is 2.50. The van der Waals surface area contributed by atoms with Crippen LogP contribution in [0.1, 0.15) is 20.6 Å². The van der Waals surface area contributed by atoms with Crippen molar-refractivity contribution in [1.29, 1.82) is 0 Å². The van der Waals surface area contributed by atoms with E-state index in [4.69, 9.17) is 16.8 Å². The van der Waals surface area contributed by atoms with Crippen LogP contribution in [-0.2, 0) is 0 Å². The van der Waals surface area contributed by atoms with Gasteiger partial charge in [0.1, 0.15) is 11.2 Å². The number of benzene rings is 10. The van der Waals surface area contributed by atoms with Gasteiger partial charge in [0.05, 0.1) is 20.6 Å². The van der Waals surface area contributed by atoms with Crippen molar-refractivity contribution in [2.45, 2.75) is 0 Å². The van der Waals surface area contributed by atoms with Gasteiger partial charge in [-0.25, -0.2) is 0 Å².